The standard InChI is InChI=1S/C13H20N2O/c1-14-7-9-15(10-8-14)11-13(16)12-5-3-2-4-6-12/h2-6,13,16H,7-11H2,1H3/t13-/m1/s1. The van der Waals surface area contributed by atoms with Crippen molar-refractivity contribution in [2.45, 2.75) is 6.10 Å². The molecule has 16 heavy (non-hydrogen) atoms. The molecule has 88 valence electrons. The minimum Gasteiger partial charge on any atom is -0.387 e. The van der Waals surface area contributed by atoms with E-state index in [-0.39, 0.29) is 6.10 Å². The van der Waals surface area contributed by atoms with Crippen molar-refractivity contribution in [2.75, 3.05) is 39.8 Å². The van der Waals surface area contributed by atoms with Crippen molar-refractivity contribution in [2.24, 2.45) is 0 Å². The highest BCUT2D eigenvalue weighted by molar-refractivity contribution is 5.17. The maximum atomic E-state index is 10.1. The first-order chi connectivity index (χ1) is 7.75. The molecule has 0 spiro atoms. The molecule has 1 heterocycles. The summed E-state index contributed by atoms with van der Waals surface area (Å²) >= 11 is 0. The monoisotopic (exact) mass is 220 g/mol. The van der Waals surface area contributed by atoms with E-state index >= 15 is 0 Å². The molecule has 1 aliphatic heterocycles. The summed E-state index contributed by atoms with van der Waals surface area (Å²) < 4.78 is 0. The lowest BCUT2D eigenvalue weighted by atomic mass is 10.1. The van der Waals surface area contributed by atoms with Crippen molar-refractivity contribution in [1.29, 1.82) is 0 Å². The van der Waals surface area contributed by atoms with Gasteiger partial charge in [0.1, 0.15) is 0 Å². The number of hydrogen-bond acceptors (Lipinski definition) is 3. The maximum absolute atomic E-state index is 10.1. The molecule has 0 saturated carbocycles. The van der Waals surface area contributed by atoms with E-state index in [1.807, 2.05) is 30.3 Å². The summed E-state index contributed by atoms with van der Waals surface area (Å²) in [6.45, 7) is 5.06. The Balaban J connectivity index is 1.86. The van der Waals surface area contributed by atoms with E-state index in [0.717, 1.165) is 38.3 Å². The van der Waals surface area contributed by atoms with Gasteiger partial charge >= 0.3 is 0 Å². The van der Waals surface area contributed by atoms with Gasteiger partial charge in [-0.3, -0.25) is 4.90 Å². The average molecular weight is 220 g/mol. The Labute approximate surface area is 97.3 Å². The zero-order chi connectivity index (χ0) is 11.4. The minimum absolute atomic E-state index is 0.357. The topological polar surface area (TPSA) is 26.7 Å². The molecule has 1 N–H and O–H groups in total. The molecule has 0 aromatic heterocycles. The summed E-state index contributed by atoms with van der Waals surface area (Å²) in [5, 5.41) is 10.1. The Hall–Kier alpha value is -0.900. The van der Waals surface area contributed by atoms with Crippen LogP contribution in [0, 0.1) is 0 Å². The summed E-state index contributed by atoms with van der Waals surface area (Å²) in [5.74, 6) is 0. The first-order valence-electron chi connectivity index (χ1n) is 5.89. The zero-order valence-corrected chi connectivity index (χ0v) is 9.84. The van der Waals surface area contributed by atoms with E-state index in [1.165, 1.54) is 0 Å². The largest absolute Gasteiger partial charge is 0.387 e. The second-order valence-corrected chi connectivity index (χ2v) is 4.53. The van der Waals surface area contributed by atoms with Crippen LogP contribution in [-0.2, 0) is 0 Å². The van der Waals surface area contributed by atoms with E-state index in [0.29, 0.717) is 0 Å². The third kappa shape index (κ3) is 3.04. The first kappa shape index (κ1) is 11.6. The Morgan fingerprint density at radius 3 is 2.38 bits per heavy atom. The van der Waals surface area contributed by atoms with Crippen molar-refractivity contribution >= 4 is 0 Å². The molecule has 3 nitrogen and oxygen atoms in total. The smallest absolute Gasteiger partial charge is 0.0916 e. The lowest BCUT2D eigenvalue weighted by molar-refractivity contribution is 0.0805. The summed E-state index contributed by atoms with van der Waals surface area (Å²) in [6.07, 6.45) is -0.357. The summed E-state index contributed by atoms with van der Waals surface area (Å²) in [4.78, 5) is 4.66. The molecule has 1 aromatic carbocycles. The number of piperazine rings is 1. The first-order valence-corrected chi connectivity index (χ1v) is 5.89. The van der Waals surface area contributed by atoms with Crippen LogP contribution in [0.4, 0.5) is 0 Å². The third-order valence-electron chi connectivity index (χ3n) is 3.21. The molecule has 0 amide bonds. The van der Waals surface area contributed by atoms with Crippen LogP contribution in [0.5, 0.6) is 0 Å². The lowest BCUT2D eigenvalue weighted by Crippen LogP contribution is -2.45. The van der Waals surface area contributed by atoms with Crippen molar-refractivity contribution in [1.82, 2.24) is 9.80 Å². The van der Waals surface area contributed by atoms with Crippen molar-refractivity contribution in [3.05, 3.63) is 35.9 Å². The summed E-state index contributed by atoms with van der Waals surface area (Å²) in [6, 6.07) is 9.90. The molecule has 1 fully saturated rings. The van der Waals surface area contributed by atoms with Crippen LogP contribution in [-0.4, -0.2) is 54.7 Å². The van der Waals surface area contributed by atoms with Crippen molar-refractivity contribution < 1.29 is 5.11 Å². The number of β-amino-alcohol motifs (C(OH)–C–C–N with tert-alkyl or cyclic N) is 1. The number of aliphatic hydroxyl groups is 1. The van der Waals surface area contributed by atoms with Crippen molar-refractivity contribution in [3.8, 4) is 0 Å². The molecular weight excluding hydrogens is 200 g/mol. The molecule has 2 rings (SSSR count). The molecular formula is C13H20N2O. The predicted molar refractivity (Wildman–Crippen MR) is 65.3 cm³/mol. The number of benzene rings is 1. The second kappa shape index (κ2) is 5.43. The molecule has 0 unspecified atom stereocenters. The summed E-state index contributed by atoms with van der Waals surface area (Å²) in [5.41, 5.74) is 1.02. The Morgan fingerprint density at radius 2 is 1.75 bits per heavy atom. The number of rotatable bonds is 3. The van der Waals surface area contributed by atoms with Crippen LogP contribution in [0.2, 0.25) is 0 Å². The van der Waals surface area contributed by atoms with Crippen LogP contribution in [0.1, 0.15) is 11.7 Å². The Bertz CT molecular complexity index is 307. The number of aliphatic hydroxyl groups excluding tert-OH is 1. The highest BCUT2D eigenvalue weighted by atomic mass is 16.3. The van der Waals surface area contributed by atoms with Gasteiger partial charge in [-0.15, -0.1) is 0 Å². The van der Waals surface area contributed by atoms with Gasteiger partial charge in [-0.25, -0.2) is 0 Å². The van der Waals surface area contributed by atoms with Crippen LogP contribution in [0.25, 0.3) is 0 Å². The number of hydrogen-bond donors (Lipinski definition) is 1. The zero-order valence-electron chi connectivity index (χ0n) is 9.84. The quantitative estimate of drug-likeness (QED) is 0.822. The van der Waals surface area contributed by atoms with Gasteiger partial charge in [-0.2, -0.15) is 0 Å². The van der Waals surface area contributed by atoms with Gasteiger partial charge < -0.3 is 10.0 Å². The van der Waals surface area contributed by atoms with Crippen LogP contribution in [0.3, 0.4) is 0 Å². The van der Waals surface area contributed by atoms with E-state index in [1.54, 1.807) is 0 Å². The van der Waals surface area contributed by atoms with Crippen molar-refractivity contribution in [3.63, 3.8) is 0 Å². The highest BCUT2D eigenvalue weighted by Crippen LogP contribution is 2.14. The van der Waals surface area contributed by atoms with Crippen LogP contribution >= 0.6 is 0 Å². The SMILES string of the molecule is CN1CCN(C[C@@H](O)c2ccccc2)CC1. The van der Waals surface area contributed by atoms with Gasteiger partial charge in [0.2, 0.25) is 0 Å². The van der Waals surface area contributed by atoms with Crippen LogP contribution < -0.4 is 0 Å². The van der Waals surface area contributed by atoms with E-state index in [4.69, 9.17) is 0 Å². The molecule has 1 atom stereocenters. The molecule has 0 bridgehead atoms. The molecule has 1 aliphatic rings. The second-order valence-electron chi connectivity index (χ2n) is 4.53. The van der Waals surface area contributed by atoms with Crippen LogP contribution in [0.15, 0.2) is 30.3 Å². The number of likely N-dealkylation sites (N-methyl/N-ethyl adjacent to an activating group) is 1. The molecule has 1 aromatic rings. The maximum Gasteiger partial charge on any atom is 0.0916 e. The minimum atomic E-state index is -0.357. The van der Waals surface area contributed by atoms with Gasteiger partial charge in [-0.1, -0.05) is 30.3 Å². The Morgan fingerprint density at radius 1 is 1.12 bits per heavy atom. The molecule has 3 heteroatoms. The fraction of sp³-hybridized carbons (Fsp3) is 0.538. The van der Waals surface area contributed by atoms with Gasteiger partial charge in [0, 0.05) is 32.7 Å². The average Bonchev–Trinajstić information content (AvgIpc) is 2.33. The molecule has 0 radical (unpaired) electrons. The Kier molecular flexibility index (Phi) is 3.93. The van der Waals surface area contributed by atoms with E-state index in [2.05, 4.69) is 16.8 Å². The third-order valence-corrected chi connectivity index (χ3v) is 3.21. The van der Waals surface area contributed by atoms with Gasteiger partial charge in [-0.05, 0) is 12.6 Å². The fourth-order valence-electron chi connectivity index (χ4n) is 2.06. The normalized spacial score (nSPS) is 20.9. The molecule has 1 saturated heterocycles. The van der Waals surface area contributed by atoms with Gasteiger partial charge in [0.05, 0.1) is 6.10 Å². The fourth-order valence-corrected chi connectivity index (χ4v) is 2.06. The van der Waals surface area contributed by atoms with Gasteiger partial charge in [0.25, 0.3) is 0 Å². The lowest BCUT2D eigenvalue weighted by Gasteiger charge is -2.33. The number of nitrogens with zero attached hydrogens (tertiary/aromatic N) is 2. The highest BCUT2D eigenvalue weighted by Gasteiger charge is 2.17. The molecule has 0 aliphatic carbocycles. The van der Waals surface area contributed by atoms with Gasteiger partial charge in [0.15, 0.2) is 0 Å². The predicted octanol–water partition coefficient (Wildman–Crippen LogP) is 0.967. The van der Waals surface area contributed by atoms with E-state index < -0.39 is 0 Å². The summed E-state index contributed by atoms with van der Waals surface area (Å²) in [7, 11) is 2.14. The van der Waals surface area contributed by atoms with E-state index in [9.17, 15) is 5.11 Å².